The Morgan fingerprint density at radius 1 is 1.22 bits per heavy atom. The van der Waals surface area contributed by atoms with E-state index in [0.717, 1.165) is 30.3 Å². The molecule has 0 spiro atoms. The second kappa shape index (κ2) is 5.04. The number of benzene rings is 2. The highest BCUT2D eigenvalue weighted by molar-refractivity contribution is 5.95. The summed E-state index contributed by atoms with van der Waals surface area (Å²) in [7, 11) is 0. The normalized spacial score (nSPS) is 18.9. The lowest BCUT2D eigenvalue weighted by molar-refractivity contribution is 0.476. The van der Waals surface area contributed by atoms with Crippen molar-refractivity contribution < 1.29 is 5.11 Å². The third kappa shape index (κ3) is 2.24. The van der Waals surface area contributed by atoms with Gasteiger partial charge in [0.25, 0.3) is 0 Å². The van der Waals surface area contributed by atoms with Gasteiger partial charge >= 0.3 is 0 Å². The minimum atomic E-state index is 0. The number of nitrogens with zero attached hydrogens (tertiary/aromatic N) is 1. The van der Waals surface area contributed by atoms with E-state index in [-0.39, 0.29) is 18.4 Å². The molecular weight excluding hydrogens is 248 g/mol. The van der Waals surface area contributed by atoms with Crippen molar-refractivity contribution in [2.45, 2.75) is 12.5 Å². The summed E-state index contributed by atoms with van der Waals surface area (Å²) >= 11 is 0. The maximum atomic E-state index is 9.61. The molecular formula is C14H17ClN2O. The van der Waals surface area contributed by atoms with Crippen LogP contribution in [0.25, 0.3) is 10.8 Å². The van der Waals surface area contributed by atoms with Gasteiger partial charge in [-0.15, -0.1) is 12.4 Å². The molecule has 0 radical (unpaired) electrons. The fourth-order valence-electron chi connectivity index (χ4n) is 2.53. The average Bonchev–Trinajstić information content (AvgIpc) is 2.75. The SMILES string of the molecule is Cl.N[C@@H]1CCN(c2cccc3ccc(O)cc23)C1. The Morgan fingerprint density at radius 3 is 2.78 bits per heavy atom. The standard InChI is InChI=1S/C14H16N2O.ClH/c15-11-6-7-16(9-11)14-3-1-2-10-4-5-12(17)8-13(10)14;/h1-5,8,11,17H,6-7,9,15H2;1H/t11-;/m1./s1. The van der Waals surface area contributed by atoms with Crippen molar-refractivity contribution in [1.82, 2.24) is 0 Å². The molecule has 1 saturated heterocycles. The van der Waals surface area contributed by atoms with Crippen LogP contribution in [0.4, 0.5) is 5.69 Å². The van der Waals surface area contributed by atoms with Gasteiger partial charge in [0.15, 0.2) is 0 Å². The first kappa shape index (κ1) is 13.0. The van der Waals surface area contributed by atoms with Gasteiger partial charge in [-0.25, -0.2) is 0 Å². The van der Waals surface area contributed by atoms with Crippen molar-refractivity contribution in [2.24, 2.45) is 5.73 Å². The molecule has 4 heteroatoms. The van der Waals surface area contributed by atoms with Crippen LogP contribution in [0, 0.1) is 0 Å². The number of nitrogens with two attached hydrogens (primary N) is 1. The van der Waals surface area contributed by atoms with Crippen LogP contribution in [0.15, 0.2) is 36.4 Å². The van der Waals surface area contributed by atoms with Gasteiger partial charge in [-0.05, 0) is 30.0 Å². The molecule has 3 N–H and O–H groups in total. The molecule has 1 atom stereocenters. The number of phenolic OH excluding ortho intramolecular Hbond substituents is 1. The van der Waals surface area contributed by atoms with Crippen LogP contribution >= 0.6 is 12.4 Å². The maximum absolute atomic E-state index is 9.61. The van der Waals surface area contributed by atoms with Crippen LogP contribution < -0.4 is 10.6 Å². The second-order valence-electron chi connectivity index (χ2n) is 4.68. The van der Waals surface area contributed by atoms with E-state index in [1.54, 1.807) is 6.07 Å². The Labute approximate surface area is 113 Å². The zero-order chi connectivity index (χ0) is 11.8. The van der Waals surface area contributed by atoms with E-state index in [9.17, 15) is 5.11 Å². The molecule has 3 rings (SSSR count). The summed E-state index contributed by atoms with van der Waals surface area (Å²) in [5, 5.41) is 11.9. The molecule has 2 aromatic carbocycles. The quantitative estimate of drug-likeness (QED) is 0.832. The highest BCUT2D eigenvalue weighted by atomic mass is 35.5. The number of hydrogen-bond acceptors (Lipinski definition) is 3. The van der Waals surface area contributed by atoms with Crippen LogP contribution in [0.1, 0.15) is 6.42 Å². The molecule has 0 saturated carbocycles. The minimum Gasteiger partial charge on any atom is -0.508 e. The summed E-state index contributed by atoms with van der Waals surface area (Å²) in [5.74, 6) is 0.313. The molecule has 0 unspecified atom stereocenters. The van der Waals surface area contributed by atoms with Crippen molar-refractivity contribution in [2.75, 3.05) is 18.0 Å². The third-order valence-corrected chi connectivity index (χ3v) is 3.41. The topological polar surface area (TPSA) is 49.5 Å². The number of hydrogen-bond donors (Lipinski definition) is 2. The Kier molecular flexibility index (Phi) is 3.64. The van der Waals surface area contributed by atoms with Crippen molar-refractivity contribution in [1.29, 1.82) is 0 Å². The summed E-state index contributed by atoms with van der Waals surface area (Å²) in [4.78, 5) is 2.30. The van der Waals surface area contributed by atoms with Crippen LogP contribution in [0.2, 0.25) is 0 Å². The van der Waals surface area contributed by atoms with E-state index in [0.29, 0.717) is 5.75 Å². The monoisotopic (exact) mass is 264 g/mol. The molecule has 0 amide bonds. The smallest absolute Gasteiger partial charge is 0.116 e. The summed E-state index contributed by atoms with van der Waals surface area (Å²) < 4.78 is 0. The number of rotatable bonds is 1. The van der Waals surface area contributed by atoms with E-state index in [4.69, 9.17) is 5.73 Å². The number of aromatic hydroxyl groups is 1. The zero-order valence-electron chi connectivity index (χ0n) is 10.0. The van der Waals surface area contributed by atoms with Crippen LogP contribution in [-0.4, -0.2) is 24.2 Å². The van der Waals surface area contributed by atoms with Crippen molar-refractivity contribution in [3.63, 3.8) is 0 Å². The van der Waals surface area contributed by atoms with Gasteiger partial charge in [0.2, 0.25) is 0 Å². The van der Waals surface area contributed by atoms with Gasteiger partial charge in [-0.1, -0.05) is 18.2 Å². The van der Waals surface area contributed by atoms with E-state index < -0.39 is 0 Å². The zero-order valence-corrected chi connectivity index (χ0v) is 10.9. The fraction of sp³-hybridized carbons (Fsp3) is 0.286. The molecule has 0 aliphatic carbocycles. The molecule has 0 aromatic heterocycles. The van der Waals surface area contributed by atoms with E-state index >= 15 is 0 Å². The van der Waals surface area contributed by atoms with E-state index in [2.05, 4.69) is 23.1 Å². The lowest BCUT2D eigenvalue weighted by Gasteiger charge is -2.20. The Balaban J connectivity index is 0.00000120. The Bertz CT molecular complexity index is 558. The molecule has 1 heterocycles. The van der Waals surface area contributed by atoms with Gasteiger partial charge in [0, 0.05) is 30.2 Å². The minimum absolute atomic E-state index is 0. The largest absolute Gasteiger partial charge is 0.508 e. The van der Waals surface area contributed by atoms with Crippen LogP contribution in [0.3, 0.4) is 0 Å². The molecule has 0 bridgehead atoms. The van der Waals surface area contributed by atoms with Gasteiger partial charge < -0.3 is 15.7 Å². The highest BCUT2D eigenvalue weighted by Crippen LogP contribution is 2.31. The first-order valence-corrected chi connectivity index (χ1v) is 5.96. The number of anilines is 1. The first-order valence-electron chi connectivity index (χ1n) is 5.96. The average molecular weight is 265 g/mol. The van der Waals surface area contributed by atoms with Gasteiger partial charge in [0.05, 0.1) is 0 Å². The Morgan fingerprint density at radius 2 is 2.06 bits per heavy atom. The molecule has 1 fully saturated rings. The lowest BCUT2D eigenvalue weighted by Crippen LogP contribution is -2.26. The predicted molar refractivity (Wildman–Crippen MR) is 77.7 cm³/mol. The predicted octanol–water partition coefficient (Wildman–Crippen LogP) is 2.50. The first-order chi connectivity index (χ1) is 8.24. The van der Waals surface area contributed by atoms with Crippen LogP contribution in [0.5, 0.6) is 5.75 Å². The van der Waals surface area contributed by atoms with E-state index in [1.165, 1.54) is 5.69 Å². The number of fused-ring (bicyclic) bond motifs is 1. The second-order valence-corrected chi connectivity index (χ2v) is 4.68. The van der Waals surface area contributed by atoms with Gasteiger partial charge in [0.1, 0.15) is 5.75 Å². The molecule has 2 aromatic rings. The summed E-state index contributed by atoms with van der Waals surface area (Å²) in [6.45, 7) is 1.89. The lowest BCUT2D eigenvalue weighted by atomic mass is 10.1. The molecule has 18 heavy (non-hydrogen) atoms. The van der Waals surface area contributed by atoms with Crippen molar-refractivity contribution in [3.05, 3.63) is 36.4 Å². The highest BCUT2D eigenvalue weighted by Gasteiger charge is 2.20. The molecule has 3 nitrogen and oxygen atoms in total. The third-order valence-electron chi connectivity index (χ3n) is 3.41. The Hall–Kier alpha value is -1.45. The molecule has 96 valence electrons. The summed E-state index contributed by atoms with van der Waals surface area (Å²) in [5.41, 5.74) is 7.12. The molecule has 1 aliphatic rings. The number of phenols is 1. The molecule has 1 aliphatic heterocycles. The van der Waals surface area contributed by atoms with Gasteiger partial charge in [-0.3, -0.25) is 0 Å². The number of halogens is 1. The van der Waals surface area contributed by atoms with Gasteiger partial charge in [-0.2, -0.15) is 0 Å². The van der Waals surface area contributed by atoms with Crippen molar-refractivity contribution >= 4 is 28.9 Å². The summed E-state index contributed by atoms with van der Waals surface area (Å²) in [6, 6.07) is 12.0. The fourth-order valence-corrected chi connectivity index (χ4v) is 2.53. The van der Waals surface area contributed by atoms with Crippen molar-refractivity contribution in [3.8, 4) is 5.75 Å². The van der Waals surface area contributed by atoms with E-state index in [1.807, 2.05) is 12.1 Å². The van der Waals surface area contributed by atoms with Crippen LogP contribution in [-0.2, 0) is 0 Å². The maximum Gasteiger partial charge on any atom is 0.116 e. The summed E-state index contributed by atoms with van der Waals surface area (Å²) in [6.07, 6.45) is 1.04.